The van der Waals surface area contributed by atoms with Crippen molar-refractivity contribution >= 4 is 29.0 Å². The highest BCUT2D eigenvalue weighted by molar-refractivity contribution is 5.74. The van der Waals surface area contributed by atoms with Crippen LogP contribution in [0.3, 0.4) is 0 Å². The molecule has 2 aromatic rings. The number of hydrogen-bond acceptors (Lipinski definition) is 7. The Morgan fingerprint density at radius 2 is 2.04 bits per heavy atom. The minimum absolute atomic E-state index is 0.0463. The highest BCUT2D eigenvalue weighted by Gasteiger charge is 2.26. The lowest BCUT2D eigenvalue weighted by molar-refractivity contribution is -0.383. The van der Waals surface area contributed by atoms with E-state index >= 15 is 0 Å². The molecule has 9 heteroatoms. The van der Waals surface area contributed by atoms with Gasteiger partial charge in [-0.1, -0.05) is 6.07 Å². The molecule has 0 spiro atoms. The number of nitrogen functional groups attached to an aromatic ring is 1. The number of nitrogens with two attached hydrogens (primary N) is 1. The Kier molecular flexibility index (Phi) is 3.92. The first-order chi connectivity index (χ1) is 11.0. The average molecular weight is 318 g/mol. The number of anilines is 4. The van der Waals surface area contributed by atoms with E-state index in [1.807, 2.05) is 4.90 Å². The normalized spacial score (nSPS) is 14.0. The minimum atomic E-state index is -0.648. The Balaban J connectivity index is 2.02. The van der Waals surface area contributed by atoms with Gasteiger partial charge in [0.15, 0.2) is 0 Å². The quantitative estimate of drug-likeness (QED) is 0.658. The summed E-state index contributed by atoms with van der Waals surface area (Å²) in [5.41, 5.74) is 5.67. The van der Waals surface area contributed by atoms with Gasteiger partial charge in [0.05, 0.1) is 4.92 Å². The van der Waals surface area contributed by atoms with Crippen LogP contribution < -0.4 is 16.0 Å². The third-order valence-corrected chi connectivity index (χ3v) is 3.56. The molecule has 23 heavy (non-hydrogen) atoms. The lowest BCUT2D eigenvalue weighted by atomic mass is 10.3. The maximum atomic E-state index is 13.3. The standard InChI is InChI=1S/C14H15FN6O2/c15-9-4-3-5-10(8-9)17-13-11(21(22)23)12(16)18-14(19-13)20-6-1-2-7-20/h3-5,8H,1-2,6-7H2,(H3,16,17,18,19). The van der Waals surface area contributed by atoms with Crippen LogP contribution in [0.25, 0.3) is 0 Å². The molecular formula is C14H15FN6O2. The van der Waals surface area contributed by atoms with Crippen LogP contribution in [0.2, 0.25) is 0 Å². The van der Waals surface area contributed by atoms with E-state index in [1.165, 1.54) is 18.2 Å². The van der Waals surface area contributed by atoms with Crippen LogP contribution in [-0.2, 0) is 0 Å². The number of benzene rings is 1. The predicted octanol–water partition coefficient (Wildman–Crippen LogP) is 2.45. The van der Waals surface area contributed by atoms with E-state index < -0.39 is 16.4 Å². The van der Waals surface area contributed by atoms with Gasteiger partial charge in [0.25, 0.3) is 0 Å². The Morgan fingerprint density at radius 1 is 1.30 bits per heavy atom. The highest BCUT2D eigenvalue weighted by atomic mass is 19.1. The molecule has 0 atom stereocenters. The van der Waals surface area contributed by atoms with Gasteiger partial charge < -0.3 is 16.0 Å². The molecule has 2 heterocycles. The van der Waals surface area contributed by atoms with E-state index in [1.54, 1.807) is 6.07 Å². The predicted molar refractivity (Wildman–Crippen MR) is 84.2 cm³/mol. The van der Waals surface area contributed by atoms with Gasteiger partial charge in [-0.25, -0.2) is 4.39 Å². The first-order valence-corrected chi connectivity index (χ1v) is 7.14. The molecule has 1 aliphatic rings. The van der Waals surface area contributed by atoms with Crippen molar-refractivity contribution < 1.29 is 9.31 Å². The minimum Gasteiger partial charge on any atom is -0.378 e. The molecule has 0 amide bonds. The van der Waals surface area contributed by atoms with E-state index in [9.17, 15) is 14.5 Å². The molecule has 0 saturated carbocycles. The summed E-state index contributed by atoms with van der Waals surface area (Å²) in [5.74, 6) is -0.384. The molecule has 0 unspecified atom stereocenters. The number of nitrogens with zero attached hydrogens (tertiary/aromatic N) is 4. The van der Waals surface area contributed by atoms with Crippen LogP contribution in [0.4, 0.5) is 33.3 Å². The number of nitro groups is 1. The van der Waals surface area contributed by atoms with Crippen molar-refractivity contribution in [3.8, 4) is 0 Å². The van der Waals surface area contributed by atoms with Crippen LogP contribution in [0, 0.1) is 15.9 Å². The van der Waals surface area contributed by atoms with Crippen molar-refractivity contribution in [3.63, 3.8) is 0 Å². The lowest BCUT2D eigenvalue weighted by Gasteiger charge is -2.17. The topological polar surface area (TPSA) is 110 Å². The second-order valence-electron chi connectivity index (χ2n) is 5.19. The molecule has 1 aromatic carbocycles. The molecule has 3 rings (SSSR count). The van der Waals surface area contributed by atoms with Gasteiger partial charge in [0.2, 0.25) is 17.6 Å². The smallest absolute Gasteiger partial charge is 0.353 e. The summed E-state index contributed by atoms with van der Waals surface area (Å²) >= 11 is 0. The molecule has 1 aromatic heterocycles. The Hall–Kier alpha value is -2.97. The van der Waals surface area contributed by atoms with E-state index in [2.05, 4.69) is 15.3 Å². The van der Waals surface area contributed by atoms with Crippen LogP contribution in [0.15, 0.2) is 24.3 Å². The Labute approximate surface area is 131 Å². The number of hydrogen-bond donors (Lipinski definition) is 2. The van der Waals surface area contributed by atoms with Gasteiger partial charge in [-0.2, -0.15) is 9.97 Å². The number of rotatable bonds is 4. The van der Waals surface area contributed by atoms with Crippen molar-refractivity contribution in [2.45, 2.75) is 12.8 Å². The third-order valence-electron chi connectivity index (χ3n) is 3.56. The fraction of sp³-hybridized carbons (Fsp3) is 0.286. The lowest BCUT2D eigenvalue weighted by Crippen LogP contribution is -2.22. The molecule has 120 valence electrons. The van der Waals surface area contributed by atoms with E-state index in [0.29, 0.717) is 11.6 Å². The van der Waals surface area contributed by atoms with Crippen molar-refractivity contribution in [1.29, 1.82) is 0 Å². The molecule has 1 fully saturated rings. The molecular weight excluding hydrogens is 303 g/mol. The molecule has 3 N–H and O–H groups in total. The third kappa shape index (κ3) is 3.12. The summed E-state index contributed by atoms with van der Waals surface area (Å²) in [6, 6.07) is 5.58. The van der Waals surface area contributed by atoms with Gasteiger partial charge in [0.1, 0.15) is 5.82 Å². The van der Waals surface area contributed by atoms with E-state index in [0.717, 1.165) is 25.9 Å². The van der Waals surface area contributed by atoms with Crippen molar-refractivity contribution in [3.05, 3.63) is 40.2 Å². The molecule has 0 aliphatic carbocycles. The zero-order valence-electron chi connectivity index (χ0n) is 12.2. The van der Waals surface area contributed by atoms with Gasteiger partial charge in [0, 0.05) is 18.8 Å². The molecule has 0 radical (unpaired) electrons. The van der Waals surface area contributed by atoms with Crippen LogP contribution >= 0.6 is 0 Å². The Morgan fingerprint density at radius 3 is 2.70 bits per heavy atom. The van der Waals surface area contributed by atoms with Crippen LogP contribution in [0.1, 0.15) is 12.8 Å². The summed E-state index contributed by atoms with van der Waals surface area (Å²) in [6.45, 7) is 1.55. The summed E-state index contributed by atoms with van der Waals surface area (Å²) in [5, 5.41) is 14.0. The largest absolute Gasteiger partial charge is 0.378 e. The second-order valence-corrected chi connectivity index (χ2v) is 5.19. The first kappa shape index (κ1) is 14.9. The fourth-order valence-corrected chi connectivity index (χ4v) is 2.49. The zero-order valence-corrected chi connectivity index (χ0v) is 12.2. The zero-order chi connectivity index (χ0) is 16.4. The van der Waals surface area contributed by atoms with Gasteiger partial charge in [-0.3, -0.25) is 10.1 Å². The van der Waals surface area contributed by atoms with Gasteiger partial charge >= 0.3 is 5.69 Å². The fourth-order valence-electron chi connectivity index (χ4n) is 2.49. The number of aromatic nitrogens is 2. The van der Waals surface area contributed by atoms with E-state index in [4.69, 9.17) is 5.73 Å². The summed E-state index contributed by atoms with van der Waals surface area (Å²) in [6.07, 6.45) is 2.01. The molecule has 1 saturated heterocycles. The molecule has 1 aliphatic heterocycles. The van der Waals surface area contributed by atoms with Gasteiger partial charge in [-0.15, -0.1) is 0 Å². The summed E-state index contributed by atoms with van der Waals surface area (Å²) in [4.78, 5) is 20.8. The molecule has 0 bridgehead atoms. The van der Waals surface area contributed by atoms with Crippen molar-refractivity contribution in [1.82, 2.24) is 9.97 Å². The maximum Gasteiger partial charge on any atom is 0.353 e. The average Bonchev–Trinajstić information content (AvgIpc) is 3.00. The maximum absolute atomic E-state index is 13.3. The monoisotopic (exact) mass is 318 g/mol. The number of nitrogens with one attached hydrogen (secondary N) is 1. The van der Waals surface area contributed by atoms with Crippen LogP contribution in [-0.4, -0.2) is 28.0 Å². The SMILES string of the molecule is Nc1nc(N2CCCC2)nc(Nc2cccc(F)c2)c1[N+](=O)[O-]. The summed E-state index contributed by atoms with van der Waals surface area (Å²) < 4.78 is 13.3. The van der Waals surface area contributed by atoms with Crippen LogP contribution in [0.5, 0.6) is 0 Å². The summed E-state index contributed by atoms with van der Waals surface area (Å²) in [7, 11) is 0. The molecule has 8 nitrogen and oxygen atoms in total. The first-order valence-electron chi connectivity index (χ1n) is 7.14. The Bertz CT molecular complexity index is 748. The van der Waals surface area contributed by atoms with Crippen molar-refractivity contribution in [2.24, 2.45) is 0 Å². The highest BCUT2D eigenvalue weighted by Crippen LogP contribution is 2.33. The van der Waals surface area contributed by atoms with Gasteiger partial charge in [-0.05, 0) is 31.0 Å². The second kappa shape index (κ2) is 6.03. The number of halogens is 1. The van der Waals surface area contributed by atoms with E-state index in [-0.39, 0.29) is 11.6 Å². The van der Waals surface area contributed by atoms with Crippen molar-refractivity contribution in [2.75, 3.05) is 29.0 Å².